The number of hydrogen-bond donors (Lipinski definition) is 2. The van der Waals surface area contributed by atoms with Crippen molar-refractivity contribution in [3.63, 3.8) is 0 Å². The Morgan fingerprint density at radius 1 is 0.926 bits per heavy atom. The van der Waals surface area contributed by atoms with Crippen LogP contribution in [0.5, 0.6) is 0 Å². The summed E-state index contributed by atoms with van der Waals surface area (Å²) in [7, 11) is 0. The lowest BCUT2D eigenvalue weighted by atomic mass is 10.1. The Labute approximate surface area is 166 Å². The molecule has 0 radical (unpaired) electrons. The lowest BCUT2D eigenvalue weighted by Crippen LogP contribution is -2.25. The quantitative estimate of drug-likeness (QED) is 0.627. The molecule has 0 aliphatic carbocycles. The van der Waals surface area contributed by atoms with Gasteiger partial charge in [0.2, 0.25) is 5.91 Å². The van der Waals surface area contributed by atoms with Gasteiger partial charge in [-0.05, 0) is 42.0 Å². The summed E-state index contributed by atoms with van der Waals surface area (Å²) < 4.78 is 5.19. The molecule has 1 aromatic heterocycles. The lowest BCUT2D eigenvalue weighted by molar-refractivity contribution is -0.115. The van der Waals surface area contributed by atoms with Gasteiger partial charge in [-0.1, -0.05) is 41.4 Å². The zero-order valence-electron chi connectivity index (χ0n) is 14.2. The van der Waals surface area contributed by atoms with E-state index in [9.17, 15) is 9.59 Å². The van der Waals surface area contributed by atoms with Crippen LogP contribution < -0.4 is 10.6 Å². The van der Waals surface area contributed by atoms with E-state index in [4.69, 9.17) is 27.6 Å². The summed E-state index contributed by atoms with van der Waals surface area (Å²) in [4.78, 5) is 24.9. The smallest absolute Gasteiger partial charge is 0.253 e. The molecule has 2 amide bonds. The SMILES string of the molecule is O=C(Cc1c(Cl)cccc1Cl)Nc1ccccc1C(=O)NCc1ccco1. The van der Waals surface area contributed by atoms with Crippen LogP contribution in [0.1, 0.15) is 21.7 Å². The van der Waals surface area contributed by atoms with E-state index in [1.807, 2.05) is 0 Å². The van der Waals surface area contributed by atoms with E-state index < -0.39 is 0 Å². The number of carbonyl (C=O) groups is 2. The summed E-state index contributed by atoms with van der Waals surface area (Å²) in [5.74, 6) is -0.00686. The van der Waals surface area contributed by atoms with Crippen molar-refractivity contribution in [1.29, 1.82) is 0 Å². The van der Waals surface area contributed by atoms with E-state index in [0.29, 0.717) is 32.6 Å². The Bertz CT molecular complexity index is 935. The van der Waals surface area contributed by atoms with Crippen molar-refractivity contribution in [3.05, 3.63) is 87.8 Å². The second kappa shape index (κ2) is 8.75. The highest BCUT2D eigenvalue weighted by atomic mass is 35.5. The summed E-state index contributed by atoms with van der Waals surface area (Å²) in [6.07, 6.45) is 1.54. The highest BCUT2D eigenvalue weighted by Gasteiger charge is 2.15. The molecule has 0 saturated heterocycles. The van der Waals surface area contributed by atoms with Gasteiger partial charge in [-0.15, -0.1) is 0 Å². The third-order valence-corrected chi connectivity index (χ3v) is 4.56. The van der Waals surface area contributed by atoms with E-state index in [1.165, 1.54) is 6.26 Å². The first kappa shape index (κ1) is 19.0. The number of hydrogen-bond acceptors (Lipinski definition) is 3. The predicted octanol–water partition coefficient (Wildman–Crippen LogP) is 4.70. The first-order chi connectivity index (χ1) is 13.0. The number of halogens is 2. The lowest BCUT2D eigenvalue weighted by Gasteiger charge is -2.12. The molecule has 0 saturated carbocycles. The molecule has 3 rings (SSSR count). The van der Waals surface area contributed by atoms with E-state index >= 15 is 0 Å². The van der Waals surface area contributed by atoms with Gasteiger partial charge >= 0.3 is 0 Å². The normalized spacial score (nSPS) is 10.4. The molecule has 0 aliphatic heterocycles. The highest BCUT2D eigenvalue weighted by molar-refractivity contribution is 6.36. The van der Waals surface area contributed by atoms with E-state index in [2.05, 4.69) is 10.6 Å². The Morgan fingerprint density at radius 2 is 1.67 bits per heavy atom. The van der Waals surface area contributed by atoms with Crippen LogP contribution in [0.2, 0.25) is 10.0 Å². The standard InChI is InChI=1S/C20H16Cl2N2O3/c21-16-7-3-8-17(22)15(16)11-19(25)24-18-9-2-1-6-14(18)20(26)23-12-13-5-4-10-27-13/h1-10H,11-12H2,(H,23,26)(H,24,25). The summed E-state index contributed by atoms with van der Waals surface area (Å²) in [6, 6.07) is 15.3. The molecule has 2 aromatic carbocycles. The third-order valence-electron chi connectivity index (χ3n) is 3.85. The van der Waals surface area contributed by atoms with Gasteiger partial charge in [-0.25, -0.2) is 0 Å². The monoisotopic (exact) mass is 402 g/mol. The van der Waals surface area contributed by atoms with Crippen LogP contribution in [0.4, 0.5) is 5.69 Å². The number of benzene rings is 2. The summed E-state index contributed by atoms with van der Waals surface area (Å²) >= 11 is 12.2. The molecule has 27 heavy (non-hydrogen) atoms. The van der Waals surface area contributed by atoms with Crippen LogP contribution in [0, 0.1) is 0 Å². The molecule has 2 N–H and O–H groups in total. The number of anilines is 1. The molecular formula is C20H16Cl2N2O3. The number of rotatable bonds is 6. The van der Waals surface area contributed by atoms with Crippen molar-refractivity contribution in [1.82, 2.24) is 5.32 Å². The number of carbonyl (C=O) groups excluding carboxylic acids is 2. The number of amides is 2. The van der Waals surface area contributed by atoms with E-state index in [0.717, 1.165) is 0 Å². The fourth-order valence-electron chi connectivity index (χ4n) is 2.52. The molecule has 3 aromatic rings. The first-order valence-corrected chi connectivity index (χ1v) is 8.92. The molecule has 0 bridgehead atoms. The van der Waals surface area contributed by atoms with Crippen LogP contribution in [0.15, 0.2) is 65.3 Å². The van der Waals surface area contributed by atoms with Crippen molar-refractivity contribution in [2.45, 2.75) is 13.0 Å². The van der Waals surface area contributed by atoms with Crippen molar-refractivity contribution in [2.75, 3.05) is 5.32 Å². The minimum Gasteiger partial charge on any atom is -0.467 e. The summed E-state index contributed by atoms with van der Waals surface area (Å²) in [6.45, 7) is 0.253. The second-order valence-corrected chi connectivity index (χ2v) is 6.55. The van der Waals surface area contributed by atoms with E-state index in [-0.39, 0.29) is 24.8 Å². The van der Waals surface area contributed by atoms with Gasteiger partial charge < -0.3 is 15.1 Å². The maximum atomic E-state index is 12.5. The Balaban J connectivity index is 1.70. The fraction of sp³-hybridized carbons (Fsp3) is 0.100. The minimum absolute atomic E-state index is 0.000849. The van der Waals surface area contributed by atoms with Crippen molar-refractivity contribution < 1.29 is 14.0 Å². The molecule has 5 nitrogen and oxygen atoms in total. The van der Waals surface area contributed by atoms with Gasteiger partial charge in [-0.3, -0.25) is 9.59 Å². The Hall–Kier alpha value is -2.76. The zero-order valence-corrected chi connectivity index (χ0v) is 15.7. The molecule has 138 valence electrons. The van der Waals surface area contributed by atoms with Gasteiger partial charge in [0, 0.05) is 10.0 Å². The number of furan rings is 1. The molecule has 0 atom stereocenters. The molecule has 1 heterocycles. The fourth-order valence-corrected chi connectivity index (χ4v) is 3.05. The first-order valence-electron chi connectivity index (χ1n) is 8.17. The maximum absolute atomic E-state index is 12.5. The molecule has 0 fully saturated rings. The number of nitrogens with one attached hydrogen (secondary N) is 2. The average Bonchev–Trinajstić information content (AvgIpc) is 3.17. The Kier molecular flexibility index (Phi) is 6.16. The average molecular weight is 403 g/mol. The maximum Gasteiger partial charge on any atom is 0.253 e. The molecule has 0 spiro atoms. The van der Waals surface area contributed by atoms with Crippen LogP contribution >= 0.6 is 23.2 Å². The molecule has 7 heteroatoms. The van der Waals surface area contributed by atoms with Gasteiger partial charge in [0.05, 0.1) is 30.5 Å². The molecular weight excluding hydrogens is 387 g/mol. The largest absolute Gasteiger partial charge is 0.467 e. The van der Waals surface area contributed by atoms with Crippen molar-refractivity contribution in [2.24, 2.45) is 0 Å². The highest BCUT2D eigenvalue weighted by Crippen LogP contribution is 2.25. The van der Waals surface area contributed by atoms with Crippen molar-refractivity contribution >= 4 is 40.7 Å². The van der Waals surface area contributed by atoms with Crippen LogP contribution in [-0.2, 0) is 17.8 Å². The summed E-state index contributed by atoms with van der Waals surface area (Å²) in [5.41, 5.74) is 1.29. The summed E-state index contributed by atoms with van der Waals surface area (Å²) in [5, 5.41) is 6.34. The second-order valence-electron chi connectivity index (χ2n) is 5.73. The zero-order chi connectivity index (χ0) is 19.2. The number of para-hydroxylation sites is 1. The Morgan fingerprint density at radius 3 is 2.37 bits per heavy atom. The van der Waals surface area contributed by atoms with Gasteiger partial charge in [0.1, 0.15) is 5.76 Å². The predicted molar refractivity (Wildman–Crippen MR) is 105 cm³/mol. The van der Waals surface area contributed by atoms with Gasteiger partial charge in [0.25, 0.3) is 5.91 Å². The van der Waals surface area contributed by atoms with Crippen molar-refractivity contribution in [3.8, 4) is 0 Å². The minimum atomic E-state index is -0.323. The van der Waals surface area contributed by atoms with Gasteiger partial charge in [-0.2, -0.15) is 0 Å². The molecule has 0 aliphatic rings. The van der Waals surface area contributed by atoms with Crippen LogP contribution in [0.3, 0.4) is 0 Å². The third kappa shape index (κ3) is 4.90. The topological polar surface area (TPSA) is 71.3 Å². The van der Waals surface area contributed by atoms with E-state index in [1.54, 1.807) is 54.6 Å². The molecule has 0 unspecified atom stereocenters. The van der Waals surface area contributed by atoms with Crippen LogP contribution in [0.25, 0.3) is 0 Å². The van der Waals surface area contributed by atoms with Crippen LogP contribution in [-0.4, -0.2) is 11.8 Å². The van der Waals surface area contributed by atoms with Gasteiger partial charge in [0.15, 0.2) is 0 Å².